The first-order valence-corrected chi connectivity index (χ1v) is 6.95. The molecule has 0 saturated carbocycles. The Morgan fingerprint density at radius 3 is 2.78 bits per heavy atom. The lowest BCUT2D eigenvalue weighted by atomic mass is 9.96. The Balaban J connectivity index is 2.54. The molecule has 1 aromatic rings. The van der Waals surface area contributed by atoms with E-state index in [0.717, 1.165) is 12.8 Å². The van der Waals surface area contributed by atoms with Gasteiger partial charge >= 0.3 is 0 Å². The number of aliphatic hydroxyl groups excluding tert-OH is 1. The fourth-order valence-corrected chi connectivity index (χ4v) is 2.61. The Morgan fingerprint density at radius 2 is 2.22 bits per heavy atom. The van der Waals surface area contributed by atoms with Crippen LogP contribution >= 0.6 is 11.3 Å². The SMILES string of the molecule is CCC(CC)C(O)CNC(=O)c1sccc1C#N. The van der Waals surface area contributed by atoms with E-state index in [-0.39, 0.29) is 18.4 Å². The zero-order valence-corrected chi connectivity index (χ0v) is 11.5. The van der Waals surface area contributed by atoms with Crippen molar-refractivity contribution in [1.82, 2.24) is 5.32 Å². The third-order valence-corrected chi connectivity index (χ3v) is 3.97. The molecule has 1 atom stereocenters. The maximum Gasteiger partial charge on any atom is 0.262 e. The summed E-state index contributed by atoms with van der Waals surface area (Å²) < 4.78 is 0. The molecule has 18 heavy (non-hydrogen) atoms. The van der Waals surface area contributed by atoms with Crippen molar-refractivity contribution in [2.24, 2.45) is 5.92 Å². The number of carbonyl (C=O) groups excluding carboxylic acids is 1. The minimum atomic E-state index is -0.533. The summed E-state index contributed by atoms with van der Waals surface area (Å²) in [5.41, 5.74) is 0.384. The molecule has 98 valence electrons. The van der Waals surface area contributed by atoms with E-state index in [1.165, 1.54) is 11.3 Å². The van der Waals surface area contributed by atoms with E-state index in [1.807, 2.05) is 19.9 Å². The zero-order chi connectivity index (χ0) is 13.5. The number of rotatable bonds is 6. The summed E-state index contributed by atoms with van der Waals surface area (Å²) in [4.78, 5) is 12.2. The first kappa shape index (κ1) is 14.7. The van der Waals surface area contributed by atoms with Crippen molar-refractivity contribution < 1.29 is 9.90 Å². The highest BCUT2D eigenvalue weighted by atomic mass is 32.1. The van der Waals surface area contributed by atoms with E-state index >= 15 is 0 Å². The van der Waals surface area contributed by atoms with Crippen LogP contribution in [0.1, 0.15) is 41.9 Å². The molecular formula is C13H18N2O2S. The van der Waals surface area contributed by atoms with Gasteiger partial charge in [0.25, 0.3) is 5.91 Å². The fraction of sp³-hybridized carbons (Fsp3) is 0.538. The molecule has 0 spiro atoms. The first-order chi connectivity index (χ1) is 8.63. The van der Waals surface area contributed by atoms with E-state index in [1.54, 1.807) is 11.4 Å². The molecule has 0 fully saturated rings. The lowest BCUT2D eigenvalue weighted by molar-refractivity contribution is 0.0819. The van der Waals surface area contributed by atoms with Crippen molar-refractivity contribution >= 4 is 17.2 Å². The largest absolute Gasteiger partial charge is 0.391 e. The molecule has 2 N–H and O–H groups in total. The molecule has 0 radical (unpaired) electrons. The highest BCUT2D eigenvalue weighted by molar-refractivity contribution is 7.12. The summed E-state index contributed by atoms with van der Waals surface area (Å²) in [6.45, 7) is 4.27. The van der Waals surface area contributed by atoms with Gasteiger partial charge in [0.15, 0.2) is 0 Å². The smallest absolute Gasteiger partial charge is 0.262 e. The van der Waals surface area contributed by atoms with Crippen LogP contribution in [0.15, 0.2) is 11.4 Å². The van der Waals surface area contributed by atoms with Crippen LogP contribution in [0.3, 0.4) is 0 Å². The van der Waals surface area contributed by atoms with Gasteiger partial charge in [-0.15, -0.1) is 11.3 Å². The van der Waals surface area contributed by atoms with Crippen LogP contribution < -0.4 is 5.32 Å². The van der Waals surface area contributed by atoms with Crippen molar-refractivity contribution in [2.45, 2.75) is 32.8 Å². The summed E-state index contributed by atoms with van der Waals surface area (Å²) in [7, 11) is 0. The fourth-order valence-electron chi connectivity index (χ4n) is 1.85. The number of nitrogens with zero attached hydrogens (tertiary/aromatic N) is 1. The van der Waals surface area contributed by atoms with Crippen molar-refractivity contribution in [3.63, 3.8) is 0 Å². The van der Waals surface area contributed by atoms with E-state index in [0.29, 0.717) is 10.4 Å². The van der Waals surface area contributed by atoms with Crippen LogP contribution in [0, 0.1) is 17.2 Å². The number of nitriles is 1. The summed E-state index contributed by atoms with van der Waals surface area (Å²) in [6, 6.07) is 3.60. The van der Waals surface area contributed by atoms with Crippen LogP contribution in [-0.4, -0.2) is 23.7 Å². The number of hydrogen-bond donors (Lipinski definition) is 2. The summed E-state index contributed by atoms with van der Waals surface area (Å²) in [6.07, 6.45) is 1.24. The normalized spacial score (nSPS) is 12.2. The van der Waals surface area contributed by atoms with Crippen molar-refractivity contribution in [2.75, 3.05) is 6.54 Å². The van der Waals surface area contributed by atoms with E-state index < -0.39 is 6.10 Å². The minimum absolute atomic E-state index is 0.198. The monoisotopic (exact) mass is 266 g/mol. The first-order valence-electron chi connectivity index (χ1n) is 6.07. The van der Waals surface area contributed by atoms with Crippen molar-refractivity contribution in [3.8, 4) is 6.07 Å². The number of amides is 1. The van der Waals surface area contributed by atoms with Gasteiger partial charge in [0.1, 0.15) is 10.9 Å². The third-order valence-electron chi connectivity index (χ3n) is 3.06. The average molecular weight is 266 g/mol. The zero-order valence-electron chi connectivity index (χ0n) is 10.6. The maximum atomic E-state index is 11.8. The predicted octanol–water partition coefficient (Wildman–Crippen LogP) is 2.15. The molecule has 0 aliphatic heterocycles. The molecule has 0 aliphatic rings. The Bertz CT molecular complexity index is 432. The molecule has 0 aliphatic carbocycles. The summed E-state index contributed by atoms with van der Waals surface area (Å²) in [5.74, 6) is -0.0874. The molecule has 1 unspecified atom stereocenters. The molecule has 0 aromatic carbocycles. The van der Waals surface area contributed by atoms with Gasteiger partial charge in [0, 0.05) is 6.54 Å². The predicted molar refractivity (Wildman–Crippen MR) is 71.4 cm³/mol. The molecule has 5 heteroatoms. The summed E-state index contributed by atoms with van der Waals surface area (Å²) in [5, 5.41) is 23.1. The second-order valence-corrected chi connectivity index (χ2v) is 5.05. The average Bonchev–Trinajstić information content (AvgIpc) is 2.85. The van der Waals surface area contributed by atoms with Gasteiger partial charge in [0.2, 0.25) is 0 Å². The topological polar surface area (TPSA) is 73.1 Å². The summed E-state index contributed by atoms with van der Waals surface area (Å²) >= 11 is 1.24. The van der Waals surface area contributed by atoms with E-state index in [4.69, 9.17) is 5.26 Å². The van der Waals surface area contributed by atoms with Gasteiger partial charge in [-0.05, 0) is 17.4 Å². The third kappa shape index (κ3) is 3.56. The lowest BCUT2D eigenvalue weighted by Crippen LogP contribution is -2.36. The van der Waals surface area contributed by atoms with Gasteiger partial charge in [-0.2, -0.15) is 5.26 Å². The van der Waals surface area contributed by atoms with Crippen LogP contribution in [0.2, 0.25) is 0 Å². The van der Waals surface area contributed by atoms with Crippen LogP contribution in [-0.2, 0) is 0 Å². The Labute approximate surface area is 111 Å². The highest BCUT2D eigenvalue weighted by Gasteiger charge is 2.18. The van der Waals surface area contributed by atoms with E-state index in [9.17, 15) is 9.90 Å². The molecule has 4 nitrogen and oxygen atoms in total. The maximum absolute atomic E-state index is 11.8. The number of nitrogens with one attached hydrogen (secondary N) is 1. The van der Waals surface area contributed by atoms with Crippen molar-refractivity contribution in [1.29, 1.82) is 5.26 Å². The van der Waals surface area contributed by atoms with Gasteiger partial charge < -0.3 is 10.4 Å². The lowest BCUT2D eigenvalue weighted by Gasteiger charge is -2.20. The molecule has 0 saturated heterocycles. The Morgan fingerprint density at radius 1 is 1.56 bits per heavy atom. The number of carbonyl (C=O) groups is 1. The molecule has 0 bridgehead atoms. The molecule has 1 heterocycles. The van der Waals surface area contributed by atoms with E-state index in [2.05, 4.69) is 5.32 Å². The Hall–Kier alpha value is -1.38. The van der Waals surface area contributed by atoms with Gasteiger partial charge in [-0.3, -0.25) is 4.79 Å². The highest BCUT2D eigenvalue weighted by Crippen LogP contribution is 2.16. The van der Waals surface area contributed by atoms with Gasteiger partial charge in [0.05, 0.1) is 11.7 Å². The Kier molecular flexibility index (Phi) is 5.83. The number of aliphatic hydroxyl groups is 1. The molecule has 1 aromatic heterocycles. The van der Waals surface area contributed by atoms with Crippen LogP contribution in [0.5, 0.6) is 0 Å². The number of thiophene rings is 1. The van der Waals surface area contributed by atoms with Gasteiger partial charge in [-0.25, -0.2) is 0 Å². The standard InChI is InChI=1S/C13H18N2O2S/c1-3-9(4-2)11(16)8-15-13(17)12-10(7-14)5-6-18-12/h5-6,9,11,16H,3-4,8H2,1-2H3,(H,15,17). The van der Waals surface area contributed by atoms with Crippen LogP contribution in [0.4, 0.5) is 0 Å². The second-order valence-electron chi connectivity index (χ2n) is 4.13. The van der Waals surface area contributed by atoms with Crippen molar-refractivity contribution in [3.05, 3.63) is 21.9 Å². The van der Waals surface area contributed by atoms with Gasteiger partial charge in [-0.1, -0.05) is 26.7 Å². The second kappa shape index (κ2) is 7.14. The minimum Gasteiger partial charge on any atom is -0.391 e. The van der Waals surface area contributed by atoms with Crippen LogP contribution in [0.25, 0.3) is 0 Å². The number of hydrogen-bond acceptors (Lipinski definition) is 4. The molecular weight excluding hydrogens is 248 g/mol. The molecule has 1 rings (SSSR count). The molecule has 1 amide bonds. The quantitative estimate of drug-likeness (QED) is 0.828.